The van der Waals surface area contributed by atoms with E-state index >= 15 is 0 Å². The van der Waals surface area contributed by atoms with Gasteiger partial charge in [0.25, 0.3) is 0 Å². The first-order valence-electron chi connectivity index (χ1n) is 4.61. The van der Waals surface area contributed by atoms with Crippen LogP contribution in [0.5, 0.6) is 0 Å². The second kappa shape index (κ2) is 6.09. The molecule has 96 valence electrons. The smallest absolute Gasteiger partial charge is 0.358 e. The van der Waals surface area contributed by atoms with Gasteiger partial charge in [0.2, 0.25) is 0 Å². The van der Waals surface area contributed by atoms with E-state index in [1.165, 1.54) is 4.68 Å². The highest BCUT2D eigenvalue weighted by Crippen LogP contribution is 2.16. The lowest BCUT2D eigenvalue weighted by atomic mass is 10.3. The SMILES string of the molecule is Cc1nn(C)c(C(=O)OCCC(=O)O)c1N.Cl. The zero-order valence-corrected chi connectivity index (χ0v) is 10.3. The number of aryl methyl sites for hydroxylation is 2. The van der Waals surface area contributed by atoms with Crippen LogP contribution in [-0.2, 0) is 16.6 Å². The van der Waals surface area contributed by atoms with Gasteiger partial charge in [0.1, 0.15) is 6.61 Å². The van der Waals surface area contributed by atoms with Crippen molar-refractivity contribution in [2.45, 2.75) is 13.3 Å². The first kappa shape index (κ1) is 15.2. The molecule has 8 heteroatoms. The maximum absolute atomic E-state index is 11.5. The highest BCUT2D eigenvalue weighted by atomic mass is 35.5. The molecule has 0 aliphatic heterocycles. The Hall–Kier alpha value is -1.76. The maximum Gasteiger partial charge on any atom is 0.358 e. The summed E-state index contributed by atoms with van der Waals surface area (Å²) in [7, 11) is 1.57. The third-order valence-electron chi connectivity index (χ3n) is 2.01. The quantitative estimate of drug-likeness (QED) is 0.760. The van der Waals surface area contributed by atoms with Gasteiger partial charge in [0.05, 0.1) is 17.8 Å². The lowest BCUT2D eigenvalue weighted by Gasteiger charge is -2.03. The van der Waals surface area contributed by atoms with E-state index in [4.69, 9.17) is 15.6 Å². The van der Waals surface area contributed by atoms with Gasteiger partial charge in [-0.05, 0) is 6.92 Å². The van der Waals surface area contributed by atoms with E-state index < -0.39 is 11.9 Å². The normalized spacial score (nSPS) is 9.53. The van der Waals surface area contributed by atoms with Crippen LogP contribution in [0.15, 0.2) is 0 Å². The first-order chi connectivity index (χ1) is 7.43. The van der Waals surface area contributed by atoms with Crippen molar-refractivity contribution in [1.82, 2.24) is 9.78 Å². The van der Waals surface area contributed by atoms with Crippen molar-refractivity contribution in [2.75, 3.05) is 12.3 Å². The number of esters is 1. The molecule has 0 radical (unpaired) electrons. The van der Waals surface area contributed by atoms with Crippen LogP contribution in [0.4, 0.5) is 5.69 Å². The molecule has 1 aromatic heterocycles. The molecule has 0 aliphatic carbocycles. The number of nitrogens with two attached hydrogens (primary N) is 1. The summed E-state index contributed by atoms with van der Waals surface area (Å²) in [4.78, 5) is 21.7. The van der Waals surface area contributed by atoms with Crippen LogP contribution < -0.4 is 5.73 Å². The van der Waals surface area contributed by atoms with Crippen molar-refractivity contribution in [3.63, 3.8) is 0 Å². The van der Waals surface area contributed by atoms with Gasteiger partial charge in [-0.15, -0.1) is 12.4 Å². The number of carboxylic acid groups (broad SMARTS) is 1. The Labute approximate surface area is 104 Å². The summed E-state index contributed by atoms with van der Waals surface area (Å²) in [6.07, 6.45) is -0.234. The van der Waals surface area contributed by atoms with Crippen LogP contribution >= 0.6 is 12.4 Å². The number of anilines is 1. The van der Waals surface area contributed by atoms with Crippen molar-refractivity contribution in [2.24, 2.45) is 7.05 Å². The number of rotatable bonds is 4. The van der Waals surface area contributed by atoms with Crippen LogP contribution in [-0.4, -0.2) is 33.4 Å². The molecule has 1 aromatic rings. The number of carboxylic acids is 1. The number of nitrogens with zero attached hydrogens (tertiary/aromatic N) is 2. The molecular weight excluding hydrogens is 250 g/mol. The van der Waals surface area contributed by atoms with E-state index in [0.29, 0.717) is 5.69 Å². The van der Waals surface area contributed by atoms with Gasteiger partial charge in [0.15, 0.2) is 5.69 Å². The average Bonchev–Trinajstić information content (AvgIpc) is 2.40. The highest BCUT2D eigenvalue weighted by Gasteiger charge is 2.19. The van der Waals surface area contributed by atoms with Gasteiger partial charge in [-0.25, -0.2) is 4.79 Å². The van der Waals surface area contributed by atoms with Gasteiger partial charge >= 0.3 is 11.9 Å². The lowest BCUT2D eigenvalue weighted by Crippen LogP contribution is -2.14. The van der Waals surface area contributed by atoms with Gasteiger partial charge in [-0.1, -0.05) is 0 Å². The van der Waals surface area contributed by atoms with Gasteiger partial charge in [-0.3, -0.25) is 9.48 Å². The standard InChI is InChI=1S/C9H13N3O4.ClH/c1-5-7(10)8(12(2)11-5)9(15)16-4-3-6(13)14;/h3-4,10H2,1-2H3,(H,13,14);1H. The molecular formula is C9H14ClN3O4. The van der Waals surface area contributed by atoms with Crippen molar-refractivity contribution < 1.29 is 19.4 Å². The van der Waals surface area contributed by atoms with E-state index in [2.05, 4.69) is 5.10 Å². The third-order valence-corrected chi connectivity index (χ3v) is 2.01. The van der Waals surface area contributed by atoms with Crippen LogP contribution in [0.1, 0.15) is 22.6 Å². The minimum atomic E-state index is -1.03. The first-order valence-corrected chi connectivity index (χ1v) is 4.61. The second-order valence-electron chi connectivity index (χ2n) is 3.25. The molecule has 0 saturated carbocycles. The second-order valence-corrected chi connectivity index (χ2v) is 3.25. The summed E-state index contributed by atoms with van der Waals surface area (Å²) in [5, 5.41) is 12.3. The molecule has 0 aromatic carbocycles. The Morgan fingerprint density at radius 2 is 2.12 bits per heavy atom. The number of halogens is 1. The number of aliphatic carboxylic acids is 1. The molecule has 1 heterocycles. The number of aromatic nitrogens is 2. The molecule has 1 rings (SSSR count). The van der Waals surface area contributed by atoms with Crippen molar-refractivity contribution >= 4 is 30.0 Å². The topological polar surface area (TPSA) is 107 Å². The molecule has 0 aliphatic rings. The van der Waals surface area contributed by atoms with Crippen molar-refractivity contribution in [3.8, 4) is 0 Å². The van der Waals surface area contributed by atoms with Crippen LogP contribution in [0.3, 0.4) is 0 Å². The molecule has 3 N–H and O–H groups in total. The van der Waals surface area contributed by atoms with Gasteiger partial charge < -0.3 is 15.6 Å². The van der Waals surface area contributed by atoms with E-state index in [9.17, 15) is 9.59 Å². The molecule has 0 fully saturated rings. The molecule has 0 unspecified atom stereocenters. The Morgan fingerprint density at radius 3 is 2.53 bits per heavy atom. The predicted octanol–water partition coefficient (Wildman–Crippen LogP) is 0.364. The summed E-state index contributed by atoms with van der Waals surface area (Å²) < 4.78 is 6.07. The predicted molar refractivity (Wildman–Crippen MR) is 62.1 cm³/mol. The van der Waals surface area contributed by atoms with Crippen molar-refractivity contribution in [3.05, 3.63) is 11.4 Å². The molecule has 7 nitrogen and oxygen atoms in total. The Balaban J connectivity index is 0.00000256. The number of carbonyl (C=O) groups excluding carboxylic acids is 1. The Morgan fingerprint density at radius 1 is 1.53 bits per heavy atom. The monoisotopic (exact) mass is 263 g/mol. The lowest BCUT2D eigenvalue weighted by molar-refractivity contribution is -0.137. The highest BCUT2D eigenvalue weighted by molar-refractivity contribution is 5.93. The molecule has 0 atom stereocenters. The van der Waals surface area contributed by atoms with E-state index in [1.807, 2.05) is 0 Å². The summed E-state index contributed by atoms with van der Waals surface area (Å²) >= 11 is 0. The Bertz CT molecular complexity index is 430. The summed E-state index contributed by atoms with van der Waals surface area (Å²) in [6.45, 7) is 1.49. The number of carbonyl (C=O) groups is 2. The number of hydrogen-bond donors (Lipinski definition) is 2. The number of ether oxygens (including phenoxy) is 1. The third kappa shape index (κ3) is 3.63. The number of hydrogen-bond acceptors (Lipinski definition) is 5. The van der Waals surface area contributed by atoms with Crippen molar-refractivity contribution in [1.29, 1.82) is 0 Å². The van der Waals surface area contributed by atoms with Crippen LogP contribution in [0.2, 0.25) is 0 Å². The van der Waals surface area contributed by atoms with E-state index in [0.717, 1.165) is 0 Å². The van der Waals surface area contributed by atoms with E-state index in [1.54, 1.807) is 14.0 Å². The molecule has 0 amide bonds. The van der Waals surface area contributed by atoms with Gasteiger partial charge in [0, 0.05) is 7.05 Å². The van der Waals surface area contributed by atoms with Crippen LogP contribution in [0.25, 0.3) is 0 Å². The summed E-state index contributed by atoms with van der Waals surface area (Å²) in [5.74, 6) is -1.69. The molecule has 0 saturated heterocycles. The summed E-state index contributed by atoms with van der Waals surface area (Å²) in [5.41, 5.74) is 6.56. The fourth-order valence-electron chi connectivity index (χ4n) is 1.22. The largest absolute Gasteiger partial charge is 0.481 e. The zero-order chi connectivity index (χ0) is 12.3. The summed E-state index contributed by atoms with van der Waals surface area (Å²) in [6, 6.07) is 0. The fraction of sp³-hybridized carbons (Fsp3) is 0.444. The number of nitrogen functional groups attached to an aromatic ring is 1. The van der Waals surface area contributed by atoms with Crippen LogP contribution in [0, 0.1) is 6.92 Å². The molecule has 0 spiro atoms. The van der Waals surface area contributed by atoms with Gasteiger partial charge in [-0.2, -0.15) is 5.10 Å². The fourth-order valence-corrected chi connectivity index (χ4v) is 1.22. The molecule has 17 heavy (non-hydrogen) atoms. The average molecular weight is 264 g/mol. The zero-order valence-electron chi connectivity index (χ0n) is 9.47. The minimum absolute atomic E-state index is 0. The maximum atomic E-state index is 11.5. The Kier molecular flexibility index (Phi) is 5.46. The van der Waals surface area contributed by atoms with E-state index in [-0.39, 0.29) is 36.8 Å². The minimum Gasteiger partial charge on any atom is -0.481 e. The molecule has 0 bridgehead atoms.